The van der Waals surface area contributed by atoms with Crippen molar-refractivity contribution in [3.63, 3.8) is 0 Å². The largest absolute Gasteiger partial charge is 0.486 e. The van der Waals surface area contributed by atoms with Crippen LogP contribution in [0.5, 0.6) is 5.75 Å². The molecule has 0 radical (unpaired) electrons. The molecule has 0 spiro atoms. The highest BCUT2D eigenvalue weighted by atomic mass is 19.1. The van der Waals surface area contributed by atoms with Gasteiger partial charge in [0.05, 0.1) is 0 Å². The van der Waals surface area contributed by atoms with Gasteiger partial charge in [0.25, 0.3) is 0 Å². The zero-order valence-electron chi connectivity index (χ0n) is 10.7. The third-order valence-corrected chi connectivity index (χ3v) is 2.36. The van der Waals surface area contributed by atoms with E-state index in [2.05, 4.69) is 5.32 Å². The van der Waals surface area contributed by atoms with Crippen molar-refractivity contribution in [2.24, 2.45) is 0 Å². The van der Waals surface area contributed by atoms with E-state index in [4.69, 9.17) is 9.47 Å². The van der Waals surface area contributed by atoms with Crippen LogP contribution >= 0.6 is 0 Å². The van der Waals surface area contributed by atoms with Gasteiger partial charge in [-0.2, -0.15) is 0 Å². The summed E-state index contributed by atoms with van der Waals surface area (Å²) in [6.45, 7) is 3.94. The van der Waals surface area contributed by atoms with Crippen LogP contribution in [-0.4, -0.2) is 32.9 Å². The maximum absolute atomic E-state index is 13.3. The van der Waals surface area contributed by atoms with Gasteiger partial charge < -0.3 is 14.8 Å². The summed E-state index contributed by atoms with van der Waals surface area (Å²) in [4.78, 5) is 0. The molecule has 1 unspecified atom stereocenters. The summed E-state index contributed by atoms with van der Waals surface area (Å²) in [5, 5.41) is 3.17. The molecule has 0 amide bonds. The second-order valence-corrected chi connectivity index (χ2v) is 4.05. The van der Waals surface area contributed by atoms with Crippen LogP contribution in [0.1, 0.15) is 13.3 Å². The Labute approximate surface area is 106 Å². The quantitative estimate of drug-likeness (QED) is 0.727. The van der Waals surface area contributed by atoms with Gasteiger partial charge >= 0.3 is 0 Å². The molecule has 0 bridgehead atoms. The Bertz CT molecular complexity index is 361. The Morgan fingerprint density at radius 1 is 1.33 bits per heavy atom. The van der Waals surface area contributed by atoms with E-state index in [0.29, 0.717) is 13.2 Å². The zero-order chi connectivity index (χ0) is 13.4. The molecule has 0 aliphatic carbocycles. The predicted molar refractivity (Wildman–Crippen MR) is 65.8 cm³/mol. The van der Waals surface area contributed by atoms with Crippen molar-refractivity contribution in [3.05, 3.63) is 29.8 Å². The second-order valence-electron chi connectivity index (χ2n) is 4.05. The summed E-state index contributed by atoms with van der Waals surface area (Å²) in [6, 6.07) is 3.29. The summed E-state index contributed by atoms with van der Waals surface area (Å²) in [6.07, 6.45) is 0.723. The van der Waals surface area contributed by atoms with Gasteiger partial charge in [0.1, 0.15) is 11.9 Å². The summed E-state index contributed by atoms with van der Waals surface area (Å²) < 4.78 is 36.3. The average Bonchev–Trinajstić information content (AvgIpc) is 2.32. The van der Waals surface area contributed by atoms with Crippen LogP contribution in [-0.2, 0) is 4.74 Å². The van der Waals surface area contributed by atoms with Crippen molar-refractivity contribution in [1.82, 2.24) is 5.32 Å². The number of hydrogen-bond acceptors (Lipinski definition) is 3. The molecule has 3 nitrogen and oxygen atoms in total. The smallest absolute Gasteiger partial charge is 0.167 e. The molecule has 1 aromatic carbocycles. The van der Waals surface area contributed by atoms with Gasteiger partial charge in [-0.05, 0) is 32.0 Å². The van der Waals surface area contributed by atoms with E-state index in [1.807, 2.05) is 6.92 Å². The van der Waals surface area contributed by atoms with Crippen molar-refractivity contribution in [2.75, 3.05) is 26.8 Å². The van der Waals surface area contributed by atoms with E-state index >= 15 is 0 Å². The zero-order valence-corrected chi connectivity index (χ0v) is 10.7. The Balaban J connectivity index is 2.28. The van der Waals surface area contributed by atoms with E-state index in [9.17, 15) is 8.78 Å². The van der Waals surface area contributed by atoms with E-state index in [1.54, 1.807) is 7.11 Å². The molecular formula is C13H19F2NO2. The lowest BCUT2D eigenvalue weighted by Gasteiger charge is -2.15. The Morgan fingerprint density at radius 3 is 2.78 bits per heavy atom. The molecule has 0 fully saturated rings. The number of rotatable bonds is 8. The third kappa shape index (κ3) is 5.42. The fraction of sp³-hybridized carbons (Fsp3) is 0.538. The van der Waals surface area contributed by atoms with Crippen molar-refractivity contribution >= 4 is 0 Å². The molecule has 0 aromatic heterocycles. The van der Waals surface area contributed by atoms with E-state index in [1.165, 1.54) is 12.1 Å². The van der Waals surface area contributed by atoms with Gasteiger partial charge in [-0.15, -0.1) is 0 Å². The summed E-state index contributed by atoms with van der Waals surface area (Å²) in [7, 11) is 1.66. The van der Waals surface area contributed by atoms with Gasteiger partial charge in [-0.1, -0.05) is 0 Å². The molecule has 1 N–H and O–H groups in total. The predicted octanol–water partition coefficient (Wildman–Crippen LogP) is 2.36. The van der Waals surface area contributed by atoms with Crippen molar-refractivity contribution in [1.29, 1.82) is 0 Å². The Hall–Kier alpha value is -1.20. The molecule has 1 atom stereocenters. The molecule has 0 saturated carbocycles. The fourth-order valence-electron chi connectivity index (χ4n) is 1.48. The maximum Gasteiger partial charge on any atom is 0.167 e. The van der Waals surface area contributed by atoms with Crippen LogP contribution in [0.15, 0.2) is 18.2 Å². The normalized spacial score (nSPS) is 12.4. The number of methoxy groups -OCH3 is 1. The highest BCUT2D eigenvalue weighted by Crippen LogP contribution is 2.18. The van der Waals surface area contributed by atoms with E-state index in [-0.39, 0.29) is 11.9 Å². The monoisotopic (exact) mass is 259 g/mol. The highest BCUT2D eigenvalue weighted by Gasteiger charge is 2.09. The van der Waals surface area contributed by atoms with Crippen molar-refractivity contribution in [3.8, 4) is 5.75 Å². The maximum atomic E-state index is 13.3. The van der Waals surface area contributed by atoms with Crippen molar-refractivity contribution < 1.29 is 18.3 Å². The minimum Gasteiger partial charge on any atom is -0.486 e. The van der Waals surface area contributed by atoms with Gasteiger partial charge in [0.2, 0.25) is 0 Å². The molecule has 0 aliphatic heterocycles. The summed E-state index contributed by atoms with van der Waals surface area (Å²) in [5.74, 6) is -1.21. The Kier molecular flexibility index (Phi) is 6.60. The fourth-order valence-corrected chi connectivity index (χ4v) is 1.48. The van der Waals surface area contributed by atoms with Crippen LogP contribution in [0.4, 0.5) is 8.78 Å². The van der Waals surface area contributed by atoms with Crippen molar-refractivity contribution in [2.45, 2.75) is 19.4 Å². The minimum absolute atomic E-state index is 0.0718. The van der Waals surface area contributed by atoms with Crippen LogP contribution in [0.25, 0.3) is 0 Å². The SMILES string of the molecule is COCCCNCC(C)Oc1ccc(F)cc1F. The molecule has 1 aromatic rings. The number of hydrogen-bond donors (Lipinski definition) is 1. The van der Waals surface area contributed by atoms with Gasteiger partial charge in [-0.3, -0.25) is 0 Å². The first-order valence-corrected chi connectivity index (χ1v) is 5.95. The first kappa shape index (κ1) is 14.9. The molecule has 5 heteroatoms. The molecule has 0 aliphatic rings. The second kappa shape index (κ2) is 8.00. The van der Waals surface area contributed by atoms with Gasteiger partial charge in [-0.25, -0.2) is 8.78 Å². The first-order chi connectivity index (χ1) is 8.63. The lowest BCUT2D eigenvalue weighted by molar-refractivity contribution is 0.186. The number of nitrogens with one attached hydrogen (secondary N) is 1. The molecule has 1 rings (SSSR count). The average molecular weight is 259 g/mol. The molecule has 0 heterocycles. The Morgan fingerprint density at radius 2 is 2.11 bits per heavy atom. The lowest BCUT2D eigenvalue weighted by Crippen LogP contribution is -2.30. The van der Waals surface area contributed by atoms with Gasteiger partial charge in [0, 0.05) is 26.3 Å². The van der Waals surface area contributed by atoms with E-state index < -0.39 is 11.6 Å². The molecule has 18 heavy (non-hydrogen) atoms. The molecule has 0 saturated heterocycles. The number of ether oxygens (including phenoxy) is 2. The van der Waals surface area contributed by atoms with Crippen LogP contribution in [0, 0.1) is 11.6 Å². The summed E-state index contributed by atoms with van der Waals surface area (Å²) >= 11 is 0. The first-order valence-electron chi connectivity index (χ1n) is 5.95. The summed E-state index contributed by atoms with van der Waals surface area (Å²) in [5.41, 5.74) is 0. The third-order valence-electron chi connectivity index (χ3n) is 2.36. The molecular weight excluding hydrogens is 240 g/mol. The van der Waals surface area contributed by atoms with Crippen LogP contribution < -0.4 is 10.1 Å². The van der Waals surface area contributed by atoms with E-state index in [0.717, 1.165) is 19.0 Å². The van der Waals surface area contributed by atoms with Crippen LogP contribution in [0.3, 0.4) is 0 Å². The van der Waals surface area contributed by atoms with Crippen LogP contribution in [0.2, 0.25) is 0 Å². The number of halogens is 2. The topological polar surface area (TPSA) is 30.5 Å². The molecule has 102 valence electrons. The lowest BCUT2D eigenvalue weighted by atomic mass is 10.3. The minimum atomic E-state index is -0.679. The highest BCUT2D eigenvalue weighted by molar-refractivity contribution is 5.24. The van der Waals surface area contributed by atoms with Gasteiger partial charge in [0.15, 0.2) is 11.6 Å². The standard InChI is InChI=1S/C13H19F2NO2/c1-10(9-16-6-3-7-17-2)18-13-5-4-11(14)8-12(13)15/h4-5,8,10,16H,3,6-7,9H2,1-2H3. The number of benzene rings is 1.